The van der Waals surface area contributed by atoms with Gasteiger partial charge in [-0.15, -0.1) is 0 Å². The summed E-state index contributed by atoms with van der Waals surface area (Å²) in [6.07, 6.45) is 3.47. The molecule has 0 aliphatic carbocycles. The summed E-state index contributed by atoms with van der Waals surface area (Å²) in [5.74, 6) is 7.13. The minimum atomic E-state index is 0.529. The molecule has 13 heavy (non-hydrogen) atoms. The Hall–Kier alpha value is -1.36. The lowest BCUT2D eigenvalue weighted by atomic mass is 10.3. The topological polar surface area (TPSA) is 73.1 Å². The van der Waals surface area contributed by atoms with Gasteiger partial charge in [0.2, 0.25) is 0 Å². The van der Waals surface area contributed by atoms with Gasteiger partial charge in [-0.2, -0.15) is 0 Å². The lowest BCUT2D eigenvalue weighted by Crippen LogP contribution is -2.11. The smallest absolute Gasteiger partial charge is 0.186 e. The van der Waals surface area contributed by atoms with E-state index in [1.807, 2.05) is 0 Å². The molecule has 1 aromatic rings. The Kier molecular flexibility index (Phi) is 3.45. The SMILES string of the molecule is CCCc1ncc(OC)c(NN)n1. The second-order valence-electron chi connectivity index (χ2n) is 2.60. The van der Waals surface area contributed by atoms with Crippen LogP contribution in [0, 0.1) is 0 Å². The maximum absolute atomic E-state index is 5.27. The molecule has 5 nitrogen and oxygen atoms in total. The predicted molar refractivity (Wildman–Crippen MR) is 50.4 cm³/mol. The van der Waals surface area contributed by atoms with Crippen molar-refractivity contribution in [2.45, 2.75) is 19.8 Å². The van der Waals surface area contributed by atoms with Gasteiger partial charge in [-0.25, -0.2) is 15.8 Å². The van der Waals surface area contributed by atoms with E-state index in [0.29, 0.717) is 11.6 Å². The highest BCUT2D eigenvalue weighted by Crippen LogP contribution is 2.18. The van der Waals surface area contributed by atoms with Crippen LogP contribution in [0.25, 0.3) is 0 Å². The summed E-state index contributed by atoms with van der Waals surface area (Å²) in [6, 6.07) is 0. The summed E-state index contributed by atoms with van der Waals surface area (Å²) in [6.45, 7) is 2.07. The first-order valence-corrected chi connectivity index (χ1v) is 4.18. The van der Waals surface area contributed by atoms with Crippen molar-refractivity contribution in [3.63, 3.8) is 0 Å². The highest BCUT2D eigenvalue weighted by molar-refractivity contribution is 5.47. The fraction of sp³-hybridized carbons (Fsp3) is 0.500. The van der Waals surface area contributed by atoms with Crippen molar-refractivity contribution in [2.24, 2.45) is 5.84 Å². The second-order valence-corrected chi connectivity index (χ2v) is 2.60. The van der Waals surface area contributed by atoms with Crippen LogP contribution in [0.5, 0.6) is 5.75 Å². The van der Waals surface area contributed by atoms with Crippen LogP contribution in [0.4, 0.5) is 5.82 Å². The van der Waals surface area contributed by atoms with Gasteiger partial charge in [0.05, 0.1) is 13.3 Å². The number of ether oxygens (including phenoxy) is 1. The van der Waals surface area contributed by atoms with E-state index in [1.54, 1.807) is 13.3 Å². The zero-order valence-corrected chi connectivity index (χ0v) is 7.87. The molecule has 0 saturated heterocycles. The minimum absolute atomic E-state index is 0.529. The number of nitrogens with zero attached hydrogens (tertiary/aromatic N) is 2. The van der Waals surface area contributed by atoms with E-state index in [9.17, 15) is 0 Å². The lowest BCUT2D eigenvalue weighted by molar-refractivity contribution is 0.412. The highest BCUT2D eigenvalue weighted by Gasteiger charge is 2.04. The van der Waals surface area contributed by atoms with Crippen LogP contribution >= 0.6 is 0 Å². The van der Waals surface area contributed by atoms with E-state index in [-0.39, 0.29) is 0 Å². The summed E-state index contributed by atoms with van der Waals surface area (Å²) in [5, 5.41) is 0. The van der Waals surface area contributed by atoms with Gasteiger partial charge in [-0.05, 0) is 6.42 Å². The summed E-state index contributed by atoms with van der Waals surface area (Å²) in [4.78, 5) is 8.30. The summed E-state index contributed by atoms with van der Waals surface area (Å²) < 4.78 is 5.00. The van der Waals surface area contributed by atoms with Crippen molar-refractivity contribution in [3.8, 4) is 5.75 Å². The van der Waals surface area contributed by atoms with E-state index in [4.69, 9.17) is 10.6 Å². The molecule has 0 aromatic carbocycles. The van der Waals surface area contributed by atoms with Gasteiger partial charge in [-0.3, -0.25) is 0 Å². The molecule has 1 aromatic heterocycles. The number of nitrogens with one attached hydrogen (secondary N) is 1. The van der Waals surface area contributed by atoms with Crippen molar-refractivity contribution in [2.75, 3.05) is 12.5 Å². The first kappa shape index (κ1) is 9.73. The van der Waals surface area contributed by atoms with Crippen molar-refractivity contribution in [1.29, 1.82) is 0 Å². The molecule has 0 saturated carbocycles. The molecular weight excluding hydrogens is 168 g/mol. The Bertz CT molecular complexity index is 277. The monoisotopic (exact) mass is 182 g/mol. The average molecular weight is 182 g/mol. The molecule has 0 aliphatic rings. The number of hydrogen-bond donors (Lipinski definition) is 2. The van der Waals surface area contributed by atoms with Gasteiger partial charge in [0, 0.05) is 6.42 Å². The molecule has 5 heteroatoms. The van der Waals surface area contributed by atoms with Crippen molar-refractivity contribution in [3.05, 3.63) is 12.0 Å². The van der Waals surface area contributed by atoms with Gasteiger partial charge in [-0.1, -0.05) is 6.92 Å². The number of hydrazine groups is 1. The van der Waals surface area contributed by atoms with Gasteiger partial charge < -0.3 is 10.2 Å². The predicted octanol–water partition coefficient (Wildman–Crippen LogP) is 0.723. The van der Waals surface area contributed by atoms with E-state index in [0.717, 1.165) is 18.7 Å². The third kappa shape index (κ3) is 2.29. The van der Waals surface area contributed by atoms with Crippen molar-refractivity contribution >= 4 is 5.82 Å². The van der Waals surface area contributed by atoms with Crippen molar-refractivity contribution < 1.29 is 4.74 Å². The molecular formula is C8H14N4O. The molecule has 72 valence electrons. The number of anilines is 1. The first-order chi connectivity index (χ1) is 6.31. The third-order valence-corrected chi connectivity index (χ3v) is 1.64. The molecule has 0 unspecified atom stereocenters. The Morgan fingerprint density at radius 2 is 2.38 bits per heavy atom. The fourth-order valence-corrected chi connectivity index (χ4v) is 1.00. The molecule has 0 amide bonds. The molecule has 0 atom stereocenters. The Morgan fingerprint density at radius 1 is 1.62 bits per heavy atom. The van der Waals surface area contributed by atoms with E-state index >= 15 is 0 Å². The summed E-state index contributed by atoms with van der Waals surface area (Å²) >= 11 is 0. The number of rotatable bonds is 4. The summed E-state index contributed by atoms with van der Waals surface area (Å²) in [7, 11) is 1.55. The molecule has 1 rings (SSSR count). The van der Waals surface area contributed by atoms with E-state index in [2.05, 4.69) is 22.3 Å². The third-order valence-electron chi connectivity index (χ3n) is 1.64. The van der Waals surface area contributed by atoms with Crippen LogP contribution in [0.2, 0.25) is 0 Å². The van der Waals surface area contributed by atoms with Crippen LogP contribution in [-0.2, 0) is 6.42 Å². The summed E-state index contributed by atoms with van der Waals surface area (Å²) in [5.41, 5.74) is 2.47. The van der Waals surface area contributed by atoms with Crippen LogP contribution in [-0.4, -0.2) is 17.1 Å². The zero-order chi connectivity index (χ0) is 9.68. The minimum Gasteiger partial charge on any atom is -0.491 e. The van der Waals surface area contributed by atoms with E-state index in [1.165, 1.54) is 0 Å². The zero-order valence-electron chi connectivity index (χ0n) is 7.87. The number of nitrogens with two attached hydrogens (primary N) is 1. The number of methoxy groups -OCH3 is 1. The number of aromatic nitrogens is 2. The molecule has 0 bridgehead atoms. The molecule has 0 aliphatic heterocycles. The number of aryl methyl sites for hydroxylation is 1. The molecule has 0 fully saturated rings. The standard InChI is InChI=1S/C8H14N4O/c1-3-4-7-10-5-6(13-2)8(11-7)12-9/h5H,3-4,9H2,1-2H3,(H,10,11,12). The molecule has 1 heterocycles. The Labute approximate surface area is 77.3 Å². The van der Waals surface area contributed by atoms with Crippen LogP contribution in [0.3, 0.4) is 0 Å². The average Bonchev–Trinajstić information content (AvgIpc) is 2.18. The number of hydrogen-bond acceptors (Lipinski definition) is 5. The maximum Gasteiger partial charge on any atom is 0.186 e. The Morgan fingerprint density at radius 3 is 2.92 bits per heavy atom. The first-order valence-electron chi connectivity index (χ1n) is 4.18. The van der Waals surface area contributed by atoms with Crippen LogP contribution < -0.4 is 16.0 Å². The van der Waals surface area contributed by atoms with Gasteiger partial charge in [0.1, 0.15) is 5.82 Å². The molecule has 0 radical (unpaired) electrons. The van der Waals surface area contributed by atoms with Gasteiger partial charge in [0.25, 0.3) is 0 Å². The largest absolute Gasteiger partial charge is 0.491 e. The van der Waals surface area contributed by atoms with Crippen LogP contribution in [0.1, 0.15) is 19.2 Å². The van der Waals surface area contributed by atoms with Crippen molar-refractivity contribution in [1.82, 2.24) is 9.97 Å². The van der Waals surface area contributed by atoms with Crippen LogP contribution in [0.15, 0.2) is 6.20 Å². The quantitative estimate of drug-likeness (QED) is 0.530. The normalized spacial score (nSPS) is 9.77. The van der Waals surface area contributed by atoms with E-state index < -0.39 is 0 Å². The second kappa shape index (κ2) is 4.61. The van der Waals surface area contributed by atoms with Gasteiger partial charge in [0.15, 0.2) is 11.6 Å². The Balaban J connectivity index is 2.91. The maximum atomic E-state index is 5.27. The fourth-order valence-electron chi connectivity index (χ4n) is 1.00. The van der Waals surface area contributed by atoms with Gasteiger partial charge >= 0.3 is 0 Å². The highest BCUT2D eigenvalue weighted by atomic mass is 16.5. The molecule has 3 N–H and O–H groups in total. The lowest BCUT2D eigenvalue weighted by Gasteiger charge is -2.06. The number of nitrogen functional groups attached to an aromatic ring is 1. The molecule has 0 spiro atoms.